The van der Waals surface area contributed by atoms with Crippen molar-refractivity contribution in [2.45, 2.75) is 26.4 Å². The Morgan fingerprint density at radius 3 is 2.48 bits per heavy atom. The molecule has 2 nitrogen and oxygen atoms in total. The van der Waals surface area contributed by atoms with Crippen molar-refractivity contribution >= 4 is 15.9 Å². The summed E-state index contributed by atoms with van der Waals surface area (Å²) in [4.78, 5) is 0. The van der Waals surface area contributed by atoms with Crippen LogP contribution in [-0.4, -0.2) is 13.1 Å². The van der Waals surface area contributed by atoms with E-state index in [1.807, 2.05) is 24.3 Å². The summed E-state index contributed by atoms with van der Waals surface area (Å²) in [5, 5.41) is 3.42. The Labute approximate surface area is 135 Å². The Hall–Kier alpha value is -1.32. The molecular weight excluding hydrogens is 326 g/mol. The van der Waals surface area contributed by atoms with Gasteiger partial charge in [-0.05, 0) is 55.3 Å². The molecule has 112 valence electrons. The average molecular weight is 348 g/mol. The summed E-state index contributed by atoms with van der Waals surface area (Å²) in [6.45, 7) is 4.93. The summed E-state index contributed by atoms with van der Waals surface area (Å²) < 4.78 is 6.82. The fraction of sp³-hybridized carbons (Fsp3) is 0.333. The minimum absolute atomic E-state index is 0.602. The molecule has 21 heavy (non-hydrogen) atoms. The van der Waals surface area contributed by atoms with E-state index in [2.05, 4.69) is 52.4 Å². The zero-order valence-corrected chi connectivity index (χ0v) is 14.0. The Morgan fingerprint density at radius 1 is 1.00 bits per heavy atom. The van der Waals surface area contributed by atoms with Gasteiger partial charge in [-0.3, -0.25) is 0 Å². The Balaban J connectivity index is 1.79. The van der Waals surface area contributed by atoms with Crippen molar-refractivity contribution in [1.82, 2.24) is 5.32 Å². The van der Waals surface area contributed by atoms with Crippen LogP contribution in [0, 0.1) is 0 Å². The molecule has 2 aromatic carbocycles. The molecule has 0 aliphatic rings. The van der Waals surface area contributed by atoms with Crippen LogP contribution in [0.25, 0.3) is 0 Å². The zero-order valence-electron chi connectivity index (χ0n) is 12.4. The molecule has 3 heteroatoms. The minimum Gasteiger partial charge on any atom is -0.489 e. The van der Waals surface area contributed by atoms with E-state index in [0.717, 1.165) is 29.7 Å². The lowest BCUT2D eigenvalue weighted by Crippen LogP contribution is -2.17. The highest BCUT2D eigenvalue weighted by Crippen LogP contribution is 2.19. The highest BCUT2D eigenvalue weighted by Gasteiger charge is 1.98. The quantitative estimate of drug-likeness (QED) is 0.706. The zero-order chi connectivity index (χ0) is 14.9. The van der Waals surface area contributed by atoms with E-state index in [-0.39, 0.29) is 0 Å². The molecule has 0 saturated carbocycles. The predicted octanol–water partition coefficient (Wildman–Crippen LogP) is 4.57. The molecule has 2 rings (SSSR count). The summed E-state index contributed by atoms with van der Waals surface area (Å²) in [6, 6.07) is 16.6. The summed E-state index contributed by atoms with van der Waals surface area (Å²) >= 11 is 3.45. The predicted molar refractivity (Wildman–Crippen MR) is 91.8 cm³/mol. The molecular formula is C18H22BrNO. The van der Waals surface area contributed by atoms with Gasteiger partial charge in [-0.15, -0.1) is 0 Å². The van der Waals surface area contributed by atoms with Gasteiger partial charge in [-0.2, -0.15) is 0 Å². The van der Waals surface area contributed by atoms with Crippen LogP contribution < -0.4 is 10.1 Å². The number of halogens is 1. The number of nitrogens with one attached hydrogen (secondary N) is 1. The van der Waals surface area contributed by atoms with Gasteiger partial charge in [0.2, 0.25) is 0 Å². The van der Waals surface area contributed by atoms with Crippen LogP contribution in [0.4, 0.5) is 0 Å². The third-order valence-corrected chi connectivity index (χ3v) is 3.74. The second-order valence-corrected chi connectivity index (χ2v) is 5.98. The summed E-state index contributed by atoms with van der Waals surface area (Å²) in [6.07, 6.45) is 2.26. The van der Waals surface area contributed by atoms with Crippen LogP contribution in [-0.2, 0) is 13.0 Å². The maximum Gasteiger partial charge on any atom is 0.120 e. The van der Waals surface area contributed by atoms with Gasteiger partial charge in [0.15, 0.2) is 0 Å². The molecule has 1 N–H and O–H groups in total. The minimum atomic E-state index is 0.602. The standard InChI is InChI=1S/C18H22BrNO/c1-2-11-20-12-10-15-6-8-16(9-7-15)14-21-18-5-3-4-17(19)13-18/h3-9,13,20H,2,10-12,14H2,1H3. The van der Waals surface area contributed by atoms with Crippen LogP contribution in [0.15, 0.2) is 53.0 Å². The van der Waals surface area contributed by atoms with E-state index >= 15 is 0 Å². The van der Waals surface area contributed by atoms with Crippen molar-refractivity contribution in [3.05, 3.63) is 64.1 Å². The molecule has 0 heterocycles. The lowest BCUT2D eigenvalue weighted by atomic mass is 10.1. The van der Waals surface area contributed by atoms with Crippen molar-refractivity contribution in [1.29, 1.82) is 0 Å². The lowest BCUT2D eigenvalue weighted by Gasteiger charge is -2.08. The SMILES string of the molecule is CCCNCCc1ccc(COc2cccc(Br)c2)cc1. The molecule has 0 aromatic heterocycles. The van der Waals surface area contributed by atoms with Crippen molar-refractivity contribution in [3.63, 3.8) is 0 Å². The lowest BCUT2D eigenvalue weighted by molar-refractivity contribution is 0.306. The number of benzene rings is 2. The molecule has 0 saturated heterocycles. The maximum absolute atomic E-state index is 5.78. The van der Waals surface area contributed by atoms with E-state index in [0.29, 0.717) is 6.61 Å². The van der Waals surface area contributed by atoms with Crippen LogP contribution >= 0.6 is 15.9 Å². The smallest absolute Gasteiger partial charge is 0.120 e. The summed E-state index contributed by atoms with van der Waals surface area (Å²) in [5.41, 5.74) is 2.56. The average Bonchev–Trinajstić information content (AvgIpc) is 2.51. The normalized spacial score (nSPS) is 10.6. The number of hydrogen-bond acceptors (Lipinski definition) is 2. The van der Waals surface area contributed by atoms with Gasteiger partial charge in [0.25, 0.3) is 0 Å². The first-order valence-corrected chi connectivity index (χ1v) is 8.24. The molecule has 0 bridgehead atoms. The largest absolute Gasteiger partial charge is 0.489 e. The molecule has 0 aliphatic heterocycles. The van der Waals surface area contributed by atoms with Crippen molar-refractivity contribution in [3.8, 4) is 5.75 Å². The topological polar surface area (TPSA) is 21.3 Å². The van der Waals surface area contributed by atoms with Gasteiger partial charge in [0, 0.05) is 4.47 Å². The maximum atomic E-state index is 5.78. The van der Waals surface area contributed by atoms with Gasteiger partial charge < -0.3 is 10.1 Å². The summed E-state index contributed by atoms with van der Waals surface area (Å²) in [7, 11) is 0. The first-order valence-electron chi connectivity index (χ1n) is 7.45. The van der Waals surface area contributed by atoms with E-state index in [9.17, 15) is 0 Å². The van der Waals surface area contributed by atoms with Crippen molar-refractivity contribution in [2.75, 3.05) is 13.1 Å². The molecule has 2 aromatic rings. The van der Waals surface area contributed by atoms with Crippen LogP contribution in [0.3, 0.4) is 0 Å². The molecule has 0 fully saturated rings. The second kappa shape index (κ2) is 8.85. The molecule has 0 amide bonds. The van der Waals surface area contributed by atoms with Crippen LogP contribution in [0.1, 0.15) is 24.5 Å². The molecule has 0 aliphatic carbocycles. The van der Waals surface area contributed by atoms with Gasteiger partial charge >= 0.3 is 0 Å². The third-order valence-electron chi connectivity index (χ3n) is 3.24. The molecule has 0 radical (unpaired) electrons. The van der Waals surface area contributed by atoms with E-state index in [1.165, 1.54) is 17.5 Å². The van der Waals surface area contributed by atoms with Crippen LogP contribution in [0.5, 0.6) is 5.75 Å². The highest BCUT2D eigenvalue weighted by molar-refractivity contribution is 9.10. The first kappa shape index (κ1) is 16.1. The fourth-order valence-corrected chi connectivity index (χ4v) is 2.44. The number of hydrogen-bond donors (Lipinski definition) is 1. The molecule has 0 unspecified atom stereocenters. The molecule has 0 spiro atoms. The van der Waals surface area contributed by atoms with Gasteiger partial charge in [-0.25, -0.2) is 0 Å². The van der Waals surface area contributed by atoms with Gasteiger partial charge in [0.05, 0.1) is 0 Å². The number of rotatable bonds is 8. The van der Waals surface area contributed by atoms with Gasteiger partial charge in [-0.1, -0.05) is 53.2 Å². The van der Waals surface area contributed by atoms with E-state index in [4.69, 9.17) is 4.74 Å². The Morgan fingerprint density at radius 2 is 1.76 bits per heavy atom. The van der Waals surface area contributed by atoms with Crippen molar-refractivity contribution in [2.24, 2.45) is 0 Å². The summed E-state index contributed by atoms with van der Waals surface area (Å²) in [5.74, 6) is 0.886. The van der Waals surface area contributed by atoms with E-state index < -0.39 is 0 Å². The third kappa shape index (κ3) is 5.90. The van der Waals surface area contributed by atoms with Crippen LogP contribution in [0.2, 0.25) is 0 Å². The molecule has 0 atom stereocenters. The highest BCUT2D eigenvalue weighted by atomic mass is 79.9. The monoisotopic (exact) mass is 347 g/mol. The second-order valence-electron chi connectivity index (χ2n) is 5.06. The number of ether oxygens (including phenoxy) is 1. The fourth-order valence-electron chi connectivity index (χ4n) is 2.06. The van der Waals surface area contributed by atoms with Crippen molar-refractivity contribution < 1.29 is 4.74 Å². The Kier molecular flexibility index (Phi) is 6.77. The Bertz CT molecular complexity index is 539. The first-order chi connectivity index (χ1) is 10.3. The van der Waals surface area contributed by atoms with Gasteiger partial charge in [0.1, 0.15) is 12.4 Å². The van der Waals surface area contributed by atoms with E-state index in [1.54, 1.807) is 0 Å².